The number of hydrogen-bond donors (Lipinski definition) is 0. The highest BCUT2D eigenvalue weighted by atomic mass is 79.9. The third kappa shape index (κ3) is 2.42. The fraction of sp³-hybridized carbons (Fsp3) is 0.333. The molecule has 0 saturated heterocycles. The highest BCUT2D eigenvalue weighted by Gasteiger charge is 2.08. The molecule has 0 bridgehead atoms. The molecule has 0 saturated carbocycles. The number of aryl methyl sites for hydroxylation is 1. The minimum atomic E-state index is -0.927. The van der Waals surface area contributed by atoms with Crippen LogP contribution in [0.15, 0.2) is 29.2 Å². The molecule has 0 N–H and O–H groups in total. The van der Waals surface area contributed by atoms with Crippen molar-refractivity contribution >= 4 is 26.7 Å². The predicted octanol–water partition coefficient (Wildman–Crippen LogP) is 2.84. The summed E-state index contributed by atoms with van der Waals surface area (Å²) in [7, 11) is -0.927. The van der Waals surface area contributed by atoms with Crippen LogP contribution in [0.2, 0.25) is 0 Å². The van der Waals surface area contributed by atoms with Crippen molar-refractivity contribution in [2.45, 2.75) is 22.9 Å². The van der Waals surface area contributed by atoms with Crippen LogP contribution in [-0.4, -0.2) is 8.37 Å². The Morgan fingerprint density at radius 3 is 2.25 bits per heavy atom. The Labute approximate surface area is 83.8 Å². The van der Waals surface area contributed by atoms with E-state index in [1.54, 1.807) is 0 Å². The molecule has 66 valence electrons. The van der Waals surface area contributed by atoms with Crippen LogP contribution in [0.3, 0.4) is 0 Å². The topological polar surface area (TPSA) is 17.1 Å². The molecule has 0 fully saturated rings. The molecule has 1 aromatic carbocycles. The van der Waals surface area contributed by atoms with E-state index in [2.05, 4.69) is 15.9 Å². The molecule has 1 rings (SSSR count). The molecule has 1 unspecified atom stereocenters. The van der Waals surface area contributed by atoms with E-state index in [9.17, 15) is 4.21 Å². The van der Waals surface area contributed by atoms with Gasteiger partial charge >= 0.3 is 0 Å². The van der Waals surface area contributed by atoms with E-state index < -0.39 is 10.8 Å². The number of rotatable bonds is 2. The second-order valence-corrected chi connectivity index (χ2v) is 6.41. The van der Waals surface area contributed by atoms with E-state index in [1.165, 1.54) is 5.56 Å². The van der Waals surface area contributed by atoms with E-state index in [0.29, 0.717) is 0 Å². The number of benzene rings is 1. The summed E-state index contributed by atoms with van der Waals surface area (Å²) in [6.07, 6.45) is 0. The van der Waals surface area contributed by atoms with Gasteiger partial charge in [-0.3, -0.25) is 4.21 Å². The molecule has 0 aromatic heterocycles. The van der Waals surface area contributed by atoms with E-state index >= 15 is 0 Å². The summed E-state index contributed by atoms with van der Waals surface area (Å²) in [6, 6.07) is 7.76. The second-order valence-electron chi connectivity index (χ2n) is 2.65. The zero-order chi connectivity index (χ0) is 9.14. The molecule has 12 heavy (non-hydrogen) atoms. The van der Waals surface area contributed by atoms with E-state index in [-0.39, 0.29) is 4.16 Å². The monoisotopic (exact) mass is 246 g/mol. The minimum absolute atomic E-state index is 0.0141. The maximum absolute atomic E-state index is 11.5. The highest BCUT2D eigenvalue weighted by molar-refractivity contribution is 9.11. The molecule has 0 amide bonds. The van der Waals surface area contributed by atoms with Crippen molar-refractivity contribution in [3.63, 3.8) is 0 Å². The Morgan fingerprint density at radius 2 is 1.83 bits per heavy atom. The quantitative estimate of drug-likeness (QED) is 0.734. The van der Waals surface area contributed by atoms with Crippen LogP contribution in [0.1, 0.15) is 12.5 Å². The Hall–Kier alpha value is -0.150. The van der Waals surface area contributed by atoms with Crippen LogP contribution in [-0.2, 0) is 10.8 Å². The largest absolute Gasteiger partial charge is 0.253 e. The number of hydrogen-bond acceptors (Lipinski definition) is 1. The zero-order valence-electron chi connectivity index (χ0n) is 7.08. The smallest absolute Gasteiger partial charge is 0.0917 e. The van der Waals surface area contributed by atoms with Crippen LogP contribution in [0.5, 0.6) is 0 Å². The maximum atomic E-state index is 11.5. The number of halogens is 1. The van der Waals surface area contributed by atoms with E-state index in [4.69, 9.17) is 0 Å². The van der Waals surface area contributed by atoms with Crippen molar-refractivity contribution in [2.24, 2.45) is 0 Å². The van der Waals surface area contributed by atoms with Gasteiger partial charge in [0.1, 0.15) is 0 Å². The zero-order valence-corrected chi connectivity index (χ0v) is 9.48. The SMILES string of the molecule is Cc1ccc(S(=O)[C@@H](C)Br)cc1. The van der Waals surface area contributed by atoms with E-state index in [0.717, 1.165) is 4.90 Å². The van der Waals surface area contributed by atoms with Gasteiger partial charge in [-0.15, -0.1) is 0 Å². The molecule has 1 aromatic rings. The van der Waals surface area contributed by atoms with Gasteiger partial charge in [-0.2, -0.15) is 0 Å². The molecule has 0 radical (unpaired) electrons. The van der Waals surface area contributed by atoms with Crippen LogP contribution in [0.4, 0.5) is 0 Å². The first kappa shape index (κ1) is 9.93. The molecule has 2 atom stereocenters. The molecule has 1 nitrogen and oxygen atoms in total. The molecular formula is C9H11BrOS. The van der Waals surface area contributed by atoms with Crippen molar-refractivity contribution in [1.82, 2.24) is 0 Å². The molecule has 0 heterocycles. The predicted molar refractivity (Wildman–Crippen MR) is 56.0 cm³/mol. The summed E-state index contributed by atoms with van der Waals surface area (Å²) >= 11 is 3.29. The standard InChI is InChI=1S/C9H11BrOS/c1-7-3-5-9(6-4-7)12(11)8(2)10/h3-6,8H,1-2H3/t8-,12?/m0/s1. The average Bonchev–Trinajstić information content (AvgIpc) is 2.04. The molecule has 0 aliphatic carbocycles. The van der Waals surface area contributed by atoms with Crippen LogP contribution >= 0.6 is 15.9 Å². The van der Waals surface area contributed by atoms with Crippen LogP contribution in [0, 0.1) is 6.92 Å². The lowest BCUT2D eigenvalue weighted by atomic mass is 10.2. The van der Waals surface area contributed by atoms with Gasteiger partial charge in [0.05, 0.1) is 15.0 Å². The van der Waals surface area contributed by atoms with Gasteiger partial charge in [-0.25, -0.2) is 0 Å². The first-order valence-electron chi connectivity index (χ1n) is 3.72. The van der Waals surface area contributed by atoms with Crippen molar-refractivity contribution in [3.8, 4) is 0 Å². The second kappa shape index (κ2) is 4.19. The lowest BCUT2D eigenvalue weighted by Crippen LogP contribution is -2.01. The van der Waals surface area contributed by atoms with Crippen LogP contribution < -0.4 is 0 Å². The highest BCUT2D eigenvalue weighted by Crippen LogP contribution is 2.15. The van der Waals surface area contributed by atoms with Crippen molar-refractivity contribution in [2.75, 3.05) is 0 Å². The molecule has 0 aliphatic heterocycles. The first-order chi connectivity index (χ1) is 5.61. The van der Waals surface area contributed by atoms with Gasteiger partial charge in [0.15, 0.2) is 0 Å². The fourth-order valence-electron chi connectivity index (χ4n) is 0.860. The average molecular weight is 247 g/mol. The maximum Gasteiger partial charge on any atom is 0.0917 e. The van der Waals surface area contributed by atoms with E-state index in [1.807, 2.05) is 38.1 Å². The summed E-state index contributed by atoms with van der Waals surface area (Å²) in [4.78, 5) is 0.880. The Balaban J connectivity index is 2.90. The lowest BCUT2D eigenvalue weighted by molar-refractivity contribution is 0.682. The van der Waals surface area contributed by atoms with Gasteiger partial charge in [0, 0.05) is 4.90 Å². The summed E-state index contributed by atoms with van der Waals surface area (Å²) in [5.41, 5.74) is 1.19. The molecule has 0 spiro atoms. The third-order valence-electron chi connectivity index (χ3n) is 1.55. The molecular weight excluding hydrogens is 236 g/mol. The van der Waals surface area contributed by atoms with Gasteiger partial charge in [-0.1, -0.05) is 33.6 Å². The summed E-state index contributed by atoms with van der Waals surface area (Å²) < 4.78 is 11.5. The molecule has 3 heteroatoms. The van der Waals surface area contributed by atoms with Gasteiger partial charge in [0.2, 0.25) is 0 Å². The lowest BCUT2D eigenvalue weighted by Gasteiger charge is -2.03. The fourth-order valence-corrected chi connectivity index (χ4v) is 2.29. The van der Waals surface area contributed by atoms with Crippen molar-refractivity contribution in [3.05, 3.63) is 29.8 Å². The van der Waals surface area contributed by atoms with Gasteiger partial charge in [0.25, 0.3) is 0 Å². The summed E-state index contributed by atoms with van der Waals surface area (Å²) in [5, 5.41) is 0. The minimum Gasteiger partial charge on any atom is -0.253 e. The third-order valence-corrected chi connectivity index (χ3v) is 3.89. The van der Waals surface area contributed by atoms with Crippen molar-refractivity contribution in [1.29, 1.82) is 0 Å². The Bertz CT molecular complexity index is 279. The first-order valence-corrected chi connectivity index (χ1v) is 5.85. The Morgan fingerprint density at radius 1 is 1.33 bits per heavy atom. The molecule has 0 aliphatic rings. The van der Waals surface area contributed by atoms with Crippen molar-refractivity contribution < 1.29 is 4.21 Å². The van der Waals surface area contributed by atoms with Gasteiger partial charge < -0.3 is 0 Å². The summed E-state index contributed by atoms with van der Waals surface area (Å²) in [5.74, 6) is 0. The number of alkyl halides is 1. The normalized spacial score (nSPS) is 15.6. The van der Waals surface area contributed by atoms with Gasteiger partial charge in [-0.05, 0) is 26.0 Å². The summed E-state index contributed by atoms with van der Waals surface area (Å²) in [6.45, 7) is 3.90. The van der Waals surface area contributed by atoms with Crippen LogP contribution in [0.25, 0.3) is 0 Å². The Kier molecular flexibility index (Phi) is 3.47.